The summed E-state index contributed by atoms with van der Waals surface area (Å²) >= 11 is -0.750. The first-order valence-electron chi connectivity index (χ1n) is 0.781. The predicted molar refractivity (Wildman–Crippen MR) is 17.1 cm³/mol. The fourth-order valence-corrected chi connectivity index (χ4v) is 0. The van der Waals surface area contributed by atoms with Crippen molar-refractivity contribution in [3.05, 3.63) is 0 Å². The second-order valence-electron chi connectivity index (χ2n) is 0.0680. The van der Waals surface area contributed by atoms with Crippen LogP contribution in [0.3, 0.4) is 0 Å². The fraction of sp³-hybridized carbons (Fsp3) is 1.00. The Kier molecular flexibility index (Phi) is 84.9. The number of hydrogen-bond acceptors (Lipinski definition) is 3. The van der Waals surface area contributed by atoms with Crippen LogP contribution in [0.2, 0.25) is 0 Å². The van der Waals surface area contributed by atoms with Crippen molar-refractivity contribution in [3.63, 3.8) is 0 Å². The molecule has 3 nitrogen and oxygen atoms in total. The molecule has 5 heavy (non-hydrogen) atoms. The lowest BCUT2D eigenvalue weighted by molar-refractivity contribution is 0.399. The molecular formula is CH4O3S. The Labute approximate surface area is 33.2 Å². The fourth-order valence-electron chi connectivity index (χ4n) is 0. The highest BCUT2D eigenvalue weighted by Crippen LogP contribution is 0.846. The van der Waals surface area contributed by atoms with Crippen LogP contribution in [0.1, 0.15) is 0 Å². The Hall–Kier alpha value is -0.220. The maximum absolute atomic E-state index is 8.29. The van der Waals surface area contributed by atoms with Gasteiger partial charge in [0.1, 0.15) is 0 Å². The van der Waals surface area contributed by atoms with Crippen molar-refractivity contribution in [3.8, 4) is 0 Å². The van der Waals surface area contributed by atoms with Crippen LogP contribution < -0.4 is 0 Å². The molecule has 0 aromatic carbocycles. The lowest BCUT2D eigenvalue weighted by atomic mass is 11.8. The summed E-state index contributed by atoms with van der Waals surface area (Å²) < 4.78 is 16.6. The Morgan fingerprint density at radius 1 is 1.40 bits per heavy atom. The second-order valence-corrected chi connectivity index (χ2v) is 0.204. The molecule has 0 amide bonds. The maximum atomic E-state index is 8.29. The first-order chi connectivity index (χ1) is 2.41. The molecule has 0 saturated heterocycles. The molecule has 0 atom stereocenters. The summed E-state index contributed by atoms with van der Waals surface area (Å²) in [6.45, 7) is 0. The van der Waals surface area contributed by atoms with Crippen LogP contribution in [-0.4, -0.2) is 20.6 Å². The molecule has 0 saturated carbocycles. The highest BCUT2D eigenvalue weighted by Gasteiger charge is 1.12. The van der Waals surface area contributed by atoms with Crippen LogP contribution in [0, 0.1) is 0 Å². The molecule has 32 valence electrons. The molecule has 0 aliphatic heterocycles. The van der Waals surface area contributed by atoms with Crippen LogP contribution in [0.25, 0.3) is 0 Å². The summed E-state index contributed by atoms with van der Waals surface area (Å²) in [4.78, 5) is 0. The van der Waals surface area contributed by atoms with Crippen molar-refractivity contribution in [1.29, 1.82) is 0 Å². The van der Waals surface area contributed by atoms with Crippen LogP contribution >= 0.6 is 0 Å². The molecule has 0 aliphatic rings. The van der Waals surface area contributed by atoms with Crippen molar-refractivity contribution in [2.24, 2.45) is 0 Å². The first-order valence-corrected chi connectivity index (χ1v) is 1.45. The SMILES string of the molecule is CO.O=S=O. The van der Waals surface area contributed by atoms with Gasteiger partial charge in [-0.3, -0.25) is 0 Å². The van der Waals surface area contributed by atoms with Gasteiger partial charge in [0.2, 0.25) is 0 Å². The van der Waals surface area contributed by atoms with Gasteiger partial charge in [-0.1, -0.05) is 0 Å². The van der Waals surface area contributed by atoms with Crippen molar-refractivity contribution >= 4 is 11.6 Å². The van der Waals surface area contributed by atoms with E-state index in [2.05, 4.69) is 0 Å². The van der Waals surface area contributed by atoms with E-state index in [-0.39, 0.29) is 0 Å². The van der Waals surface area contributed by atoms with E-state index in [0.29, 0.717) is 0 Å². The van der Waals surface area contributed by atoms with Gasteiger partial charge in [-0.05, 0) is 0 Å². The molecule has 0 radical (unpaired) electrons. The van der Waals surface area contributed by atoms with E-state index in [4.69, 9.17) is 13.5 Å². The van der Waals surface area contributed by atoms with Gasteiger partial charge in [0.25, 0.3) is 0 Å². The van der Waals surface area contributed by atoms with Gasteiger partial charge in [0.05, 0.1) is 0 Å². The Morgan fingerprint density at radius 2 is 1.40 bits per heavy atom. The van der Waals surface area contributed by atoms with E-state index < -0.39 is 11.6 Å². The molecule has 1 N–H and O–H groups in total. The minimum atomic E-state index is -0.750. The van der Waals surface area contributed by atoms with Crippen LogP contribution in [0.15, 0.2) is 0 Å². The number of aliphatic hydroxyl groups is 1. The van der Waals surface area contributed by atoms with E-state index in [1.165, 1.54) is 0 Å². The van der Waals surface area contributed by atoms with Gasteiger partial charge < -0.3 is 5.11 Å². The highest BCUT2D eigenvalue weighted by molar-refractivity contribution is 7.51. The molecule has 0 aromatic rings. The van der Waals surface area contributed by atoms with Crippen molar-refractivity contribution in [2.45, 2.75) is 0 Å². The van der Waals surface area contributed by atoms with Gasteiger partial charge in [-0.2, -0.15) is 8.42 Å². The summed E-state index contributed by atoms with van der Waals surface area (Å²) in [7, 11) is 1.00. The monoisotopic (exact) mass is 96.0 g/mol. The average Bonchev–Trinajstić information content (AvgIpc) is 1.46. The third-order valence-corrected chi connectivity index (χ3v) is 0. The van der Waals surface area contributed by atoms with Gasteiger partial charge in [0, 0.05) is 7.11 Å². The molecule has 4 heteroatoms. The van der Waals surface area contributed by atoms with E-state index in [0.717, 1.165) is 7.11 Å². The van der Waals surface area contributed by atoms with E-state index >= 15 is 0 Å². The zero-order valence-electron chi connectivity index (χ0n) is 2.67. The normalized spacial score (nSPS) is 3.60. The average molecular weight is 96.1 g/mol. The topological polar surface area (TPSA) is 54.4 Å². The van der Waals surface area contributed by atoms with Gasteiger partial charge >= 0.3 is 11.6 Å². The van der Waals surface area contributed by atoms with Crippen LogP contribution in [0.4, 0.5) is 0 Å². The lowest BCUT2D eigenvalue weighted by Gasteiger charge is -1.21. The lowest BCUT2D eigenvalue weighted by Crippen LogP contribution is -1.25. The van der Waals surface area contributed by atoms with Gasteiger partial charge in [-0.15, -0.1) is 0 Å². The molecule has 0 aliphatic carbocycles. The molecule has 0 spiro atoms. The molecular weight excluding hydrogens is 92.1 g/mol. The number of aliphatic hydroxyl groups excluding tert-OH is 1. The standard InChI is InChI=1S/CH4O.O2S/c1-2;1-3-2/h2H,1H3;. The molecule has 0 heterocycles. The van der Waals surface area contributed by atoms with Gasteiger partial charge in [-0.25, -0.2) is 0 Å². The quantitative estimate of drug-likeness (QED) is 0.418. The summed E-state index contributed by atoms with van der Waals surface area (Å²) in [5, 5.41) is 7.00. The smallest absolute Gasteiger partial charge is 0.335 e. The zero-order valence-corrected chi connectivity index (χ0v) is 3.49. The maximum Gasteiger partial charge on any atom is 0.335 e. The summed E-state index contributed by atoms with van der Waals surface area (Å²) in [5.74, 6) is 0. The summed E-state index contributed by atoms with van der Waals surface area (Å²) in [5.41, 5.74) is 0. The Bertz CT molecular complexity index is 27.9. The minimum absolute atomic E-state index is 0.750. The zero-order chi connectivity index (χ0) is 4.71. The first kappa shape index (κ1) is 8.84. The number of rotatable bonds is 0. The van der Waals surface area contributed by atoms with Crippen molar-refractivity contribution in [1.82, 2.24) is 0 Å². The molecule has 0 unspecified atom stereocenters. The van der Waals surface area contributed by atoms with Crippen molar-refractivity contribution < 1.29 is 13.5 Å². The van der Waals surface area contributed by atoms with E-state index in [1.807, 2.05) is 0 Å². The minimum Gasteiger partial charge on any atom is -0.400 e. The summed E-state index contributed by atoms with van der Waals surface area (Å²) in [6, 6.07) is 0. The van der Waals surface area contributed by atoms with E-state index in [9.17, 15) is 0 Å². The summed E-state index contributed by atoms with van der Waals surface area (Å²) in [6.07, 6.45) is 0. The third kappa shape index (κ3) is 247. The Balaban J connectivity index is 0. The van der Waals surface area contributed by atoms with Gasteiger partial charge in [0.15, 0.2) is 0 Å². The van der Waals surface area contributed by atoms with Crippen LogP contribution in [-0.2, 0) is 11.6 Å². The largest absolute Gasteiger partial charge is 0.400 e. The van der Waals surface area contributed by atoms with Crippen LogP contribution in [0.5, 0.6) is 0 Å². The highest BCUT2D eigenvalue weighted by atomic mass is 32.1. The van der Waals surface area contributed by atoms with E-state index in [1.54, 1.807) is 0 Å². The van der Waals surface area contributed by atoms with Crippen molar-refractivity contribution in [2.75, 3.05) is 7.11 Å². The second kappa shape index (κ2) is 48.0. The predicted octanol–water partition coefficient (Wildman–Crippen LogP) is -1.06. The molecule has 0 bridgehead atoms. The molecule has 0 aromatic heterocycles. The molecule has 0 rings (SSSR count). The number of hydrogen-bond donors (Lipinski definition) is 1. The Morgan fingerprint density at radius 3 is 1.40 bits per heavy atom. The molecule has 0 fully saturated rings. The third-order valence-electron chi connectivity index (χ3n) is 0.